The summed E-state index contributed by atoms with van der Waals surface area (Å²) in [6, 6.07) is 0. The van der Waals surface area contributed by atoms with Gasteiger partial charge in [0.25, 0.3) is 0 Å². The number of rotatable bonds is 0. The summed E-state index contributed by atoms with van der Waals surface area (Å²) in [5.74, 6) is -0.179. The van der Waals surface area contributed by atoms with E-state index in [0.29, 0.717) is 5.57 Å². The van der Waals surface area contributed by atoms with Gasteiger partial charge >= 0.3 is 0 Å². The van der Waals surface area contributed by atoms with Gasteiger partial charge < -0.3 is 10.6 Å². The molecule has 0 radical (unpaired) electrons. The predicted octanol–water partition coefficient (Wildman–Crippen LogP) is 1.11. The molecule has 0 spiro atoms. The van der Waals surface area contributed by atoms with Gasteiger partial charge in [0.15, 0.2) is 0 Å². The van der Waals surface area contributed by atoms with Gasteiger partial charge in [0.1, 0.15) is 6.17 Å². The van der Waals surface area contributed by atoms with E-state index in [1.165, 1.54) is 12.5 Å². The Morgan fingerprint density at radius 2 is 1.88 bits per heavy atom. The van der Waals surface area contributed by atoms with E-state index in [-0.39, 0.29) is 23.9 Å². The smallest absolute Gasteiger partial charge is 0.248 e. The van der Waals surface area contributed by atoms with Crippen LogP contribution < -0.4 is 10.6 Å². The second kappa shape index (κ2) is 5.49. The largest absolute Gasteiger partial charge is 0.332 e. The molecule has 2 rings (SSSR count). The maximum atomic E-state index is 11.2. The Bertz CT molecular complexity index is 345. The van der Waals surface area contributed by atoms with E-state index in [1.54, 1.807) is 13.0 Å². The van der Waals surface area contributed by atoms with E-state index in [9.17, 15) is 9.59 Å². The van der Waals surface area contributed by atoms with E-state index in [4.69, 9.17) is 0 Å². The van der Waals surface area contributed by atoms with Crippen LogP contribution in [-0.4, -0.2) is 18.0 Å². The fourth-order valence-electron chi connectivity index (χ4n) is 1.51. The molecule has 0 aliphatic carbocycles. The first-order chi connectivity index (χ1) is 7.58. The highest BCUT2D eigenvalue weighted by molar-refractivity contribution is 5.96. The molecule has 0 saturated carbocycles. The van der Waals surface area contributed by atoms with E-state index in [2.05, 4.69) is 24.5 Å². The van der Waals surface area contributed by atoms with Gasteiger partial charge in [-0.1, -0.05) is 32.4 Å². The van der Waals surface area contributed by atoms with Crippen LogP contribution in [0, 0.1) is 5.92 Å². The normalized spacial score (nSPS) is 26.8. The van der Waals surface area contributed by atoms with Crippen LogP contribution in [0.3, 0.4) is 0 Å². The molecule has 0 aromatic heterocycles. The highest BCUT2D eigenvalue weighted by Crippen LogP contribution is 2.17. The molecule has 16 heavy (non-hydrogen) atoms. The molecule has 2 atom stereocenters. The molecule has 2 amide bonds. The quantitative estimate of drug-likeness (QED) is 0.645. The van der Waals surface area contributed by atoms with Crippen molar-refractivity contribution in [2.24, 2.45) is 5.92 Å². The highest BCUT2D eigenvalue weighted by atomic mass is 16.2. The van der Waals surface area contributed by atoms with E-state index < -0.39 is 0 Å². The van der Waals surface area contributed by atoms with Crippen LogP contribution in [0.5, 0.6) is 0 Å². The second-order valence-corrected chi connectivity index (χ2v) is 3.95. The van der Waals surface area contributed by atoms with Crippen molar-refractivity contribution in [1.82, 2.24) is 10.6 Å². The van der Waals surface area contributed by atoms with E-state index >= 15 is 0 Å². The zero-order valence-corrected chi connectivity index (χ0v) is 9.91. The van der Waals surface area contributed by atoms with Crippen molar-refractivity contribution in [3.05, 3.63) is 23.8 Å². The lowest BCUT2D eigenvalue weighted by atomic mass is 9.95. The standard InChI is InChI=1S/C9H10N2O2.C3H8/c1-5-4-6-2-3-7(12)10-8(6)11-9(5)13;1-3-2/h2-4,6,8H,1H3,(H,10,12)(H,11,13);3H2,1-2H3. The van der Waals surface area contributed by atoms with Gasteiger partial charge in [-0.25, -0.2) is 0 Å². The summed E-state index contributed by atoms with van der Waals surface area (Å²) in [6.45, 7) is 6.01. The van der Waals surface area contributed by atoms with Crippen molar-refractivity contribution in [2.75, 3.05) is 0 Å². The van der Waals surface area contributed by atoms with Crippen molar-refractivity contribution in [3.63, 3.8) is 0 Å². The summed E-state index contributed by atoms with van der Waals surface area (Å²) in [6.07, 6.45) is 6.13. The molecule has 0 aromatic carbocycles. The lowest BCUT2D eigenvalue weighted by Gasteiger charge is -2.31. The minimum absolute atomic E-state index is 0.0930. The second-order valence-electron chi connectivity index (χ2n) is 3.95. The van der Waals surface area contributed by atoms with Crippen molar-refractivity contribution in [1.29, 1.82) is 0 Å². The summed E-state index contributed by atoms with van der Waals surface area (Å²) in [7, 11) is 0. The average Bonchev–Trinajstić information content (AvgIpc) is 2.21. The molecule has 4 heteroatoms. The van der Waals surface area contributed by atoms with Gasteiger partial charge in [-0.3, -0.25) is 9.59 Å². The lowest BCUT2D eigenvalue weighted by Crippen LogP contribution is -2.55. The molecule has 2 N–H and O–H groups in total. The molecular formula is C12H18N2O2. The number of fused-ring (bicyclic) bond motifs is 1. The third-order valence-electron chi connectivity index (χ3n) is 2.24. The molecule has 2 aliphatic heterocycles. The molecule has 4 nitrogen and oxygen atoms in total. The molecule has 0 fully saturated rings. The first kappa shape index (κ1) is 12.5. The zero-order valence-electron chi connectivity index (χ0n) is 9.91. The number of amides is 2. The maximum Gasteiger partial charge on any atom is 0.248 e. The number of carbonyl (C=O) groups excluding carboxylic acids is 2. The molecule has 2 heterocycles. The van der Waals surface area contributed by atoms with Crippen LogP contribution in [0.15, 0.2) is 23.8 Å². The summed E-state index contributed by atoms with van der Waals surface area (Å²) < 4.78 is 0. The number of hydrogen-bond acceptors (Lipinski definition) is 2. The zero-order chi connectivity index (χ0) is 12.1. The first-order valence-electron chi connectivity index (χ1n) is 5.56. The van der Waals surface area contributed by atoms with Gasteiger partial charge in [-0.2, -0.15) is 0 Å². The molecule has 0 bridgehead atoms. The average molecular weight is 222 g/mol. The Labute approximate surface area is 95.8 Å². The monoisotopic (exact) mass is 222 g/mol. The van der Waals surface area contributed by atoms with Crippen molar-refractivity contribution in [3.8, 4) is 0 Å². The predicted molar refractivity (Wildman–Crippen MR) is 62.4 cm³/mol. The number of hydrogen-bond donors (Lipinski definition) is 2. The Kier molecular flexibility index (Phi) is 4.28. The van der Waals surface area contributed by atoms with Crippen LogP contribution in [0.4, 0.5) is 0 Å². The number of nitrogens with one attached hydrogen (secondary N) is 2. The van der Waals surface area contributed by atoms with Gasteiger partial charge in [0, 0.05) is 11.5 Å². The molecule has 2 aliphatic rings. The van der Waals surface area contributed by atoms with Crippen LogP contribution in [0.1, 0.15) is 27.2 Å². The van der Waals surface area contributed by atoms with Gasteiger partial charge in [0.05, 0.1) is 0 Å². The summed E-state index contributed by atoms with van der Waals surface area (Å²) in [4.78, 5) is 22.1. The highest BCUT2D eigenvalue weighted by Gasteiger charge is 2.28. The topological polar surface area (TPSA) is 58.2 Å². The SMILES string of the molecule is CC1=CC2C=CC(=O)NC2NC1=O.CCC. The molecule has 0 saturated heterocycles. The minimum Gasteiger partial charge on any atom is -0.332 e. The van der Waals surface area contributed by atoms with Crippen LogP contribution in [-0.2, 0) is 9.59 Å². The van der Waals surface area contributed by atoms with Crippen molar-refractivity contribution < 1.29 is 9.59 Å². The molecule has 2 unspecified atom stereocenters. The fraction of sp³-hybridized carbons (Fsp3) is 0.500. The van der Waals surface area contributed by atoms with E-state index in [0.717, 1.165) is 0 Å². The van der Waals surface area contributed by atoms with E-state index in [1.807, 2.05) is 6.08 Å². The molecule has 0 aromatic rings. The fourth-order valence-corrected chi connectivity index (χ4v) is 1.51. The van der Waals surface area contributed by atoms with Crippen LogP contribution in [0.25, 0.3) is 0 Å². The Morgan fingerprint density at radius 1 is 1.25 bits per heavy atom. The summed E-state index contributed by atoms with van der Waals surface area (Å²) in [5.41, 5.74) is 0.696. The Balaban J connectivity index is 0.000000386. The lowest BCUT2D eigenvalue weighted by molar-refractivity contribution is -0.121. The van der Waals surface area contributed by atoms with Crippen molar-refractivity contribution >= 4 is 11.8 Å². The summed E-state index contributed by atoms with van der Waals surface area (Å²) in [5, 5.41) is 5.38. The Hall–Kier alpha value is -1.58. The third kappa shape index (κ3) is 2.95. The Morgan fingerprint density at radius 3 is 2.50 bits per heavy atom. The third-order valence-corrected chi connectivity index (χ3v) is 2.24. The first-order valence-corrected chi connectivity index (χ1v) is 5.56. The minimum atomic E-state index is -0.270. The maximum absolute atomic E-state index is 11.2. The van der Waals surface area contributed by atoms with Gasteiger partial charge in [0.2, 0.25) is 11.8 Å². The molecule has 88 valence electrons. The van der Waals surface area contributed by atoms with Gasteiger partial charge in [-0.05, 0) is 13.0 Å². The van der Waals surface area contributed by atoms with Crippen LogP contribution >= 0.6 is 0 Å². The number of carbonyl (C=O) groups is 2. The van der Waals surface area contributed by atoms with Crippen molar-refractivity contribution in [2.45, 2.75) is 33.4 Å². The summed E-state index contributed by atoms with van der Waals surface area (Å²) >= 11 is 0. The molecular weight excluding hydrogens is 204 g/mol. The van der Waals surface area contributed by atoms with Gasteiger partial charge in [-0.15, -0.1) is 0 Å². The van der Waals surface area contributed by atoms with Crippen LogP contribution in [0.2, 0.25) is 0 Å².